The van der Waals surface area contributed by atoms with E-state index >= 15 is 0 Å². The Morgan fingerprint density at radius 3 is 2.33 bits per heavy atom. The zero-order chi connectivity index (χ0) is 11.8. The first-order valence-corrected chi connectivity index (χ1v) is 5.24. The summed E-state index contributed by atoms with van der Waals surface area (Å²) < 4.78 is 5.21. The maximum atomic E-state index is 11.7. The number of carbonyl (C=O) groups excluding carboxylic acids is 2. The minimum atomic E-state index is -0.503. The van der Waals surface area contributed by atoms with Crippen LogP contribution < -0.4 is 0 Å². The van der Waals surface area contributed by atoms with Crippen LogP contribution in [-0.4, -0.2) is 35.0 Å². The molecule has 0 aromatic heterocycles. The van der Waals surface area contributed by atoms with Crippen LogP contribution in [0.5, 0.6) is 0 Å². The molecule has 0 aromatic carbocycles. The van der Waals surface area contributed by atoms with Crippen LogP contribution in [0, 0.1) is 5.92 Å². The normalized spacial score (nSPS) is 21.6. The van der Waals surface area contributed by atoms with Crippen molar-refractivity contribution in [3.63, 3.8) is 0 Å². The third-order valence-corrected chi connectivity index (χ3v) is 2.25. The van der Waals surface area contributed by atoms with Gasteiger partial charge in [0.05, 0.1) is 12.6 Å². The van der Waals surface area contributed by atoms with Gasteiger partial charge in [0.25, 0.3) is 0 Å². The molecule has 0 saturated carbocycles. The van der Waals surface area contributed by atoms with E-state index in [9.17, 15) is 9.59 Å². The van der Waals surface area contributed by atoms with E-state index in [1.807, 2.05) is 34.6 Å². The predicted molar refractivity (Wildman–Crippen MR) is 56.6 cm³/mol. The summed E-state index contributed by atoms with van der Waals surface area (Å²) in [6, 6.07) is -0.292. The second-order valence-electron chi connectivity index (χ2n) is 5.26. The second-order valence-corrected chi connectivity index (χ2v) is 5.26. The van der Waals surface area contributed by atoms with Gasteiger partial charge in [-0.3, -0.25) is 9.69 Å². The summed E-state index contributed by atoms with van der Waals surface area (Å²) in [6.45, 7) is 9.50. The molecule has 0 radical (unpaired) electrons. The van der Waals surface area contributed by atoms with E-state index in [4.69, 9.17) is 4.74 Å². The summed E-state index contributed by atoms with van der Waals surface area (Å²) in [4.78, 5) is 24.5. The Morgan fingerprint density at radius 1 is 1.47 bits per heavy atom. The molecule has 1 saturated heterocycles. The first-order valence-electron chi connectivity index (χ1n) is 5.24. The van der Waals surface area contributed by atoms with Gasteiger partial charge in [0.15, 0.2) is 5.78 Å². The molecular formula is C11H19NO3. The molecule has 1 aliphatic rings. The number of rotatable bonds is 1. The molecular weight excluding hydrogens is 194 g/mol. The van der Waals surface area contributed by atoms with Crippen molar-refractivity contribution in [1.29, 1.82) is 0 Å². The van der Waals surface area contributed by atoms with E-state index in [2.05, 4.69) is 0 Å². The van der Waals surface area contributed by atoms with E-state index in [0.29, 0.717) is 0 Å². The molecule has 4 nitrogen and oxygen atoms in total. The van der Waals surface area contributed by atoms with E-state index in [0.717, 1.165) is 0 Å². The fraction of sp³-hybridized carbons (Fsp3) is 0.818. The van der Waals surface area contributed by atoms with Crippen molar-refractivity contribution >= 4 is 11.9 Å². The molecule has 1 heterocycles. The highest BCUT2D eigenvalue weighted by atomic mass is 16.6. The summed E-state index contributed by atoms with van der Waals surface area (Å²) in [7, 11) is 0. The van der Waals surface area contributed by atoms with Gasteiger partial charge >= 0.3 is 6.09 Å². The van der Waals surface area contributed by atoms with Crippen LogP contribution in [0.25, 0.3) is 0 Å². The van der Waals surface area contributed by atoms with Gasteiger partial charge in [-0.25, -0.2) is 4.79 Å². The van der Waals surface area contributed by atoms with Crippen molar-refractivity contribution < 1.29 is 14.3 Å². The summed E-state index contributed by atoms with van der Waals surface area (Å²) >= 11 is 0. The molecule has 4 heteroatoms. The van der Waals surface area contributed by atoms with E-state index in [1.54, 1.807) is 0 Å². The van der Waals surface area contributed by atoms with E-state index < -0.39 is 5.60 Å². The van der Waals surface area contributed by atoms with Crippen LogP contribution in [0.2, 0.25) is 0 Å². The predicted octanol–water partition coefficient (Wildman–Crippen LogP) is 1.83. The lowest BCUT2D eigenvalue weighted by molar-refractivity contribution is -0.138. The maximum Gasteiger partial charge on any atom is 0.411 e. The highest BCUT2D eigenvalue weighted by molar-refractivity contribution is 5.97. The van der Waals surface area contributed by atoms with Crippen molar-refractivity contribution in [1.82, 2.24) is 4.90 Å². The molecule has 1 fully saturated rings. The van der Waals surface area contributed by atoms with Crippen LogP contribution in [0.4, 0.5) is 4.79 Å². The fourth-order valence-electron chi connectivity index (χ4n) is 1.65. The van der Waals surface area contributed by atoms with Crippen molar-refractivity contribution in [2.24, 2.45) is 5.92 Å². The summed E-state index contributed by atoms with van der Waals surface area (Å²) in [6.07, 6.45) is -0.388. The van der Waals surface area contributed by atoms with Crippen molar-refractivity contribution in [3.8, 4) is 0 Å². The number of ether oxygens (including phenoxy) is 1. The summed E-state index contributed by atoms with van der Waals surface area (Å²) in [5, 5.41) is 0. The number of carbonyl (C=O) groups is 2. The van der Waals surface area contributed by atoms with Gasteiger partial charge in [0, 0.05) is 0 Å². The van der Waals surface area contributed by atoms with Gasteiger partial charge < -0.3 is 4.74 Å². The molecule has 0 spiro atoms. The molecule has 0 aliphatic carbocycles. The van der Waals surface area contributed by atoms with Crippen LogP contribution in [0.15, 0.2) is 0 Å². The van der Waals surface area contributed by atoms with Gasteiger partial charge in [-0.05, 0) is 26.7 Å². The minimum Gasteiger partial charge on any atom is -0.444 e. The zero-order valence-corrected chi connectivity index (χ0v) is 10.0. The van der Waals surface area contributed by atoms with Gasteiger partial charge in [-0.15, -0.1) is 0 Å². The van der Waals surface area contributed by atoms with Crippen LogP contribution in [0.1, 0.15) is 34.6 Å². The van der Waals surface area contributed by atoms with E-state index in [1.165, 1.54) is 4.90 Å². The topological polar surface area (TPSA) is 46.6 Å². The molecule has 1 unspecified atom stereocenters. The van der Waals surface area contributed by atoms with Crippen LogP contribution in [0.3, 0.4) is 0 Å². The molecule has 15 heavy (non-hydrogen) atoms. The third-order valence-electron chi connectivity index (χ3n) is 2.25. The average Bonchev–Trinajstić information content (AvgIpc) is 1.94. The summed E-state index contributed by atoms with van der Waals surface area (Å²) in [5.41, 5.74) is -0.503. The Kier molecular flexibility index (Phi) is 3.07. The molecule has 1 aliphatic heterocycles. The average molecular weight is 213 g/mol. The van der Waals surface area contributed by atoms with Gasteiger partial charge in [0.2, 0.25) is 0 Å². The lowest BCUT2D eigenvalue weighted by atomic mass is 9.91. The Bertz CT molecular complexity index is 278. The number of ketones is 1. The van der Waals surface area contributed by atoms with Gasteiger partial charge in [-0.2, -0.15) is 0 Å². The molecule has 0 aromatic rings. The Balaban J connectivity index is 2.59. The number of nitrogens with zero attached hydrogens (tertiary/aromatic N) is 1. The Hall–Kier alpha value is -1.06. The molecule has 0 bridgehead atoms. The standard InChI is InChI=1S/C11H19NO3/c1-7(2)9-8(13)6-12(9)10(14)15-11(3,4)5/h7,9H,6H2,1-5H3. The van der Waals surface area contributed by atoms with Gasteiger partial charge in [-0.1, -0.05) is 13.8 Å². The van der Waals surface area contributed by atoms with Crippen molar-refractivity contribution in [2.75, 3.05) is 6.54 Å². The molecule has 1 atom stereocenters. The van der Waals surface area contributed by atoms with Crippen LogP contribution >= 0.6 is 0 Å². The Morgan fingerprint density at radius 2 is 2.00 bits per heavy atom. The lowest BCUT2D eigenvalue weighted by Gasteiger charge is -2.41. The van der Waals surface area contributed by atoms with Crippen LogP contribution in [-0.2, 0) is 9.53 Å². The number of Topliss-reactive ketones (excluding diaryl/α,β-unsaturated/α-hetero) is 1. The molecule has 0 N–H and O–H groups in total. The number of amides is 1. The Labute approximate surface area is 90.6 Å². The van der Waals surface area contributed by atoms with Gasteiger partial charge in [0.1, 0.15) is 5.60 Å². The zero-order valence-electron chi connectivity index (χ0n) is 10.0. The summed E-state index contributed by atoms with van der Waals surface area (Å²) in [5.74, 6) is 0.273. The highest BCUT2D eigenvalue weighted by Crippen LogP contribution is 2.23. The lowest BCUT2D eigenvalue weighted by Crippen LogP contribution is -2.62. The smallest absolute Gasteiger partial charge is 0.411 e. The first kappa shape index (κ1) is 12.0. The minimum absolute atomic E-state index is 0.121. The molecule has 86 valence electrons. The van der Waals surface area contributed by atoms with Crippen molar-refractivity contribution in [2.45, 2.75) is 46.3 Å². The quantitative estimate of drug-likeness (QED) is 0.667. The highest BCUT2D eigenvalue weighted by Gasteiger charge is 2.44. The largest absolute Gasteiger partial charge is 0.444 e. The molecule has 1 rings (SSSR count). The number of likely N-dealkylation sites (tertiary alicyclic amines) is 1. The first-order chi connectivity index (χ1) is 6.72. The molecule has 1 amide bonds. The maximum absolute atomic E-state index is 11.7. The fourth-order valence-corrected chi connectivity index (χ4v) is 1.65. The second kappa shape index (κ2) is 3.83. The third kappa shape index (κ3) is 2.70. The van der Waals surface area contributed by atoms with Crippen molar-refractivity contribution in [3.05, 3.63) is 0 Å². The SMILES string of the molecule is CC(C)C1C(=O)CN1C(=O)OC(C)(C)C. The monoisotopic (exact) mass is 213 g/mol. The number of hydrogen-bond donors (Lipinski definition) is 0. The van der Waals surface area contributed by atoms with E-state index in [-0.39, 0.29) is 30.4 Å². The number of hydrogen-bond acceptors (Lipinski definition) is 3.